The first-order valence-corrected chi connectivity index (χ1v) is 8.27. The van der Waals surface area contributed by atoms with Gasteiger partial charge in [0, 0.05) is 18.3 Å². The summed E-state index contributed by atoms with van der Waals surface area (Å²) >= 11 is 0. The second-order valence-corrected chi connectivity index (χ2v) is 6.26. The van der Waals surface area contributed by atoms with E-state index in [-0.39, 0.29) is 23.8 Å². The number of carbonyl (C=O) groups is 2. The lowest BCUT2D eigenvalue weighted by Crippen LogP contribution is -2.49. The van der Waals surface area contributed by atoms with E-state index in [1.54, 1.807) is 17.0 Å². The maximum absolute atomic E-state index is 13.0. The van der Waals surface area contributed by atoms with Crippen LogP contribution in [-0.2, 0) is 4.79 Å². The molecular formula is C17H22FN3O2. The number of halogens is 1. The number of nitrogens with one attached hydrogen (secondary N) is 2. The molecule has 0 spiro atoms. The van der Waals surface area contributed by atoms with Crippen LogP contribution in [0.1, 0.15) is 38.5 Å². The molecule has 23 heavy (non-hydrogen) atoms. The van der Waals surface area contributed by atoms with Crippen molar-refractivity contribution in [3.05, 3.63) is 30.1 Å². The van der Waals surface area contributed by atoms with Gasteiger partial charge in [-0.15, -0.1) is 0 Å². The first-order chi connectivity index (χ1) is 11.1. The van der Waals surface area contributed by atoms with Gasteiger partial charge in [0.1, 0.15) is 11.9 Å². The SMILES string of the molecule is O=C(NC1CCCCC1)N[C@@H]1CCN(c2ccc(F)cc2)C1=O. The predicted molar refractivity (Wildman–Crippen MR) is 85.7 cm³/mol. The molecule has 1 aliphatic heterocycles. The fourth-order valence-electron chi connectivity index (χ4n) is 3.32. The number of amides is 3. The molecule has 1 aliphatic carbocycles. The first-order valence-electron chi connectivity index (χ1n) is 8.27. The highest BCUT2D eigenvalue weighted by atomic mass is 19.1. The van der Waals surface area contributed by atoms with Crippen molar-refractivity contribution in [3.8, 4) is 0 Å². The molecule has 0 radical (unpaired) electrons. The van der Waals surface area contributed by atoms with Crippen LogP contribution in [-0.4, -0.2) is 30.6 Å². The Morgan fingerprint density at radius 2 is 1.74 bits per heavy atom. The fourth-order valence-corrected chi connectivity index (χ4v) is 3.32. The van der Waals surface area contributed by atoms with Gasteiger partial charge in [0.05, 0.1) is 0 Å². The number of benzene rings is 1. The minimum Gasteiger partial charge on any atom is -0.335 e. The van der Waals surface area contributed by atoms with Gasteiger partial charge in [-0.2, -0.15) is 0 Å². The van der Waals surface area contributed by atoms with Crippen molar-refractivity contribution in [2.45, 2.75) is 50.6 Å². The van der Waals surface area contributed by atoms with Gasteiger partial charge in [0.15, 0.2) is 0 Å². The molecule has 0 aromatic heterocycles. The summed E-state index contributed by atoms with van der Waals surface area (Å²) in [4.78, 5) is 26.1. The Morgan fingerprint density at radius 3 is 2.43 bits per heavy atom. The van der Waals surface area contributed by atoms with Gasteiger partial charge in [0.2, 0.25) is 5.91 Å². The third kappa shape index (κ3) is 3.81. The smallest absolute Gasteiger partial charge is 0.315 e. The van der Waals surface area contributed by atoms with Gasteiger partial charge in [-0.1, -0.05) is 19.3 Å². The Balaban J connectivity index is 1.54. The molecule has 0 bridgehead atoms. The number of hydrogen-bond donors (Lipinski definition) is 2. The minimum atomic E-state index is -0.511. The highest BCUT2D eigenvalue weighted by Gasteiger charge is 2.33. The van der Waals surface area contributed by atoms with Crippen LogP contribution < -0.4 is 15.5 Å². The van der Waals surface area contributed by atoms with Crippen molar-refractivity contribution >= 4 is 17.6 Å². The molecule has 1 heterocycles. The Morgan fingerprint density at radius 1 is 1.04 bits per heavy atom. The molecule has 1 aromatic carbocycles. The summed E-state index contributed by atoms with van der Waals surface area (Å²) in [5.41, 5.74) is 0.661. The van der Waals surface area contributed by atoms with Crippen molar-refractivity contribution in [2.75, 3.05) is 11.4 Å². The number of hydrogen-bond acceptors (Lipinski definition) is 2. The number of urea groups is 1. The highest BCUT2D eigenvalue weighted by molar-refractivity contribution is 6.01. The molecule has 1 saturated carbocycles. The zero-order chi connectivity index (χ0) is 16.2. The summed E-state index contributed by atoms with van der Waals surface area (Å²) in [6.45, 7) is 0.527. The highest BCUT2D eigenvalue weighted by Crippen LogP contribution is 2.22. The van der Waals surface area contributed by atoms with Crippen molar-refractivity contribution in [1.29, 1.82) is 0 Å². The normalized spacial score (nSPS) is 22.2. The van der Waals surface area contributed by atoms with E-state index in [4.69, 9.17) is 0 Å². The Hall–Kier alpha value is -2.11. The maximum atomic E-state index is 13.0. The second kappa shape index (κ2) is 6.98. The third-order valence-electron chi connectivity index (χ3n) is 4.59. The summed E-state index contributed by atoms with van der Waals surface area (Å²) in [5.74, 6) is -0.475. The molecule has 1 atom stereocenters. The van der Waals surface area contributed by atoms with Crippen LogP contribution in [0.25, 0.3) is 0 Å². The van der Waals surface area contributed by atoms with E-state index in [0.29, 0.717) is 18.7 Å². The molecule has 5 nitrogen and oxygen atoms in total. The lowest BCUT2D eigenvalue weighted by atomic mass is 9.96. The van der Waals surface area contributed by atoms with Gasteiger partial charge in [-0.3, -0.25) is 4.79 Å². The van der Waals surface area contributed by atoms with Crippen LogP contribution in [0.15, 0.2) is 24.3 Å². The third-order valence-corrected chi connectivity index (χ3v) is 4.59. The summed E-state index contributed by atoms with van der Waals surface area (Å²) in [6.07, 6.45) is 6.10. The molecule has 2 N–H and O–H groups in total. The average Bonchev–Trinajstić information content (AvgIpc) is 2.90. The van der Waals surface area contributed by atoms with E-state index >= 15 is 0 Å². The van der Waals surface area contributed by atoms with Crippen LogP contribution in [0.4, 0.5) is 14.9 Å². The van der Waals surface area contributed by atoms with Gasteiger partial charge in [-0.25, -0.2) is 9.18 Å². The van der Waals surface area contributed by atoms with E-state index in [9.17, 15) is 14.0 Å². The Bertz CT molecular complexity index is 570. The fraction of sp³-hybridized carbons (Fsp3) is 0.529. The lowest BCUT2D eigenvalue weighted by molar-refractivity contribution is -0.118. The largest absolute Gasteiger partial charge is 0.335 e. The summed E-state index contributed by atoms with van der Waals surface area (Å²) in [5, 5.41) is 5.73. The monoisotopic (exact) mass is 319 g/mol. The predicted octanol–water partition coefficient (Wildman–Crippen LogP) is 2.56. The molecule has 3 amide bonds. The molecule has 2 fully saturated rings. The van der Waals surface area contributed by atoms with Crippen LogP contribution in [0.5, 0.6) is 0 Å². The minimum absolute atomic E-state index is 0.143. The van der Waals surface area contributed by atoms with Crippen molar-refractivity contribution in [1.82, 2.24) is 10.6 Å². The Labute approximate surface area is 135 Å². The van der Waals surface area contributed by atoms with Crippen LogP contribution >= 0.6 is 0 Å². The van der Waals surface area contributed by atoms with Crippen LogP contribution in [0.2, 0.25) is 0 Å². The van der Waals surface area contributed by atoms with E-state index in [1.165, 1.54) is 18.6 Å². The number of nitrogens with zero attached hydrogens (tertiary/aromatic N) is 1. The average molecular weight is 319 g/mol. The lowest BCUT2D eigenvalue weighted by Gasteiger charge is -2.24. The zero-order valence-electron chi connectivity index (χ0n) is 13.1. The molecule has 0 unspecified atom stereocenters. The topological polar surface area (TPSA) is 61.4 Å². The summed E-state index contributed by atoms with van der Waals surface area (Å²) in [7, 11) is 0. The molecule has 6 heteroatoms. The van der Waals surface area contributed by atoms with E-state index in [1.807, 2.05) is 0 Å². The second-order valence-electron chi connectivity index (χ2n) is 6.26. The van der Waals surface area contributed by atoms with Gasteiger partial charge < -0.3 is 15.5 Å². The molecule has 1 aromatic rings. The first kappa shape index (κ1) is 15.8. The van der Waals surface area contributed by atoms with E-state index in [0.717, 1.165) is 25.7 Å². The van der Waals surface area contributed by atoms with Gasteiger partial charge in [0.25, 0.3) is 0 Å². The molecule has 3 rings (SSSR count). The molecular weight excluding hydrogens is 297 g/mol. The van der Waals surface area contributed by atoms with Gasteiger partial charge in [-0.05, 0) is 43.5 Å². The van der Waals surface area contributed by atoms with Crippen molar-refractivity contribution < 1.29 is 14.0 Å². The number of anilines is 1. The molecule has 124 valence electrons. The zero-order valence-corrected chi connectivity index (χ0v) is 13.1. The quantitative estimate of drug-likeness (QED) is 0.899. The van der Waals surface area contributed by atoms with Gasteiger partial charge >= 0.3 is 6.03 Å². The maximum Gasteiger partial charge on any atom is 0.315 e. The van der Waals surface area contributed by atoms with Crippen LogP contribution in [0.3, 0.4) is 0 Å². The van der Waals surface area contributed by atoms with Crippen LogP contribution in [0, 0.1) is 5.82 Å². The summed E-state index contributed by atoms with van der Waals surface area (Å²) in [6, 6.07) is 5.27. The summed E-state index contributed by atoms with van der Waals surface area (Å²) < 4.78 is 13.0. The molecule has 1 saturated heterocycles. The molecule has 2 aliphatic rings. The van der Waals surface area contributed by atoms with Crippen molar-refractivity contribution in [3.63, 3.8) is 0 Å². The Kier molecular flexibility index (Phi) is 4.79. The number of rotatable bonds is 3. The van der Waals surface area contributed by atoms with E-state index < -0.39 is 6.04 Å². The standard InChI is InChI=1S/C17H22FN3O2/c18-12-6-8-14(9-7-12)21-11-10-15(16(21)22)20-17(23)19-13-4-2-1-3-5-13/h6-9,13,15H,1-5,10-11H2,(H2,19,20,23)/t15-/m1/s1. The van der Waals surface area contributed by atoms with Crippen molar-refractivity contribution in [2.24, 2.45) is 0 Å². The number of carbonyl (C=O) groups excluding carboxylic acids is 2. The van der Waals surface area contributed by atoms with E-state index in [2.05, 4.69) is 10.6 Å².